The maximum atomic E-state index is 4.56. The quantitative estimate of drug-likeness (QED) is 0.867. The summed E-state index contributed by atoms with van der Waals surface area (Å²) in [6, 6.07) is 2.38. The van der Waals surface area contributed by atoms with Gasteiger partial charge in [-0.2, -0.15) is 0 Å². The summed E-state index contributed by atoms with van der Waals surface area (Å²) in [6.45, 7) is 15.1. The Morgan fingerprint density at radius 3 is 2.18 bits per heavy atom. The van der Waals surface area contributed by atoms with Crippen LogP contribution in [0.2, 0.25) is 0 Å². The Kier molecular flexibility index (Phi) is 4.12. The molecule has 1 heterocycles. The van der Waals surface area contributed by atoms with Crippen molar-refractivity contribution in [3.8, 4) is 0 Å². The van der Waals surface area contributed by atoms with E-state index in [1.165, 1.54) is 0 Å². The highest BCUT2D eigenvalue weighted by molar-refractivity contribution is 5.37. The van der Waals surface area contributed by atoms with E-state index in [4.69, 9.17) is 0 Å². The van der Waals surface area contributed by atoms with Crippen LogP contribution in [0, 0.1) is 12.3 Å². The van der Waals surface area contributed by atoms with Crippen LogP contribution in [0.3, 0.4) is 0 Å². The van der Waals surface area contributed by atoms with Gasteiger partial charge in [-0.1, -0.05) is 34.6 Å². The molecule has 0 amide bonds. The third-order valence-electron chi connectivity index (χ3n) is 3.05. The number of hydrogen-bond acceptors (Lipinski definition) is 3. The first-order valence-electron chi connectivity index (χ1n) is 6.32. The maximum absolute atomic E-state index is 4.56. The molecule has 0 aromatic carbocycles. The predicted molar refractivity (Wildman–Crippen MR) is 73.4 cm³/mol. The molecule has 1 rings (SSSR count). The fourth-order valence-electron chi connectivity index (χ4n) is 1.36. The van der Waals surface area contributed by atoms with Crippen molar-refractivity contribution in [3.63, 3.8) is 0 Å². The molecule has 1 unspecified atom stereocenters. The van der Waals surface area contributed by atoms with E-state index in [9.17, 15) is 0 Å². The first kappa shape index (κ1) is 13.9. The lowest BCUT2D eigenvalue weighted by molar-refractivity contribution is 0.358. The molecule has 0 saturated heterocycles. The number of nitrogens with zero attached hydrogens (tertiary/aromatic N) is 2. The van der Waals surface area contributed by atoms with Gasteiger partial charge in [0.15, 0.2) is 0 Å². The molecule has 1 atom stereocenters. The Morgan fingerprint density at radius 2 is 1.71 bits per heavy atom. The smallest absolute Gasteiger partial charge is 0.133 e. The molecule has 0 spiro atoms. The first-order valence-corrected chi connectivity index (χ1v) is 6.32. The van der Waals surface area contributed by atoms with Gasteiger partial charge < -0.3 is 5.32 Å². The minimum Gasteiger partial charge on any atom is -0.367 e. The lowest BCUT2D eigenvalue weighted by atomic mass is 9.88. The van der Waals surface area contributed by atoms with Crippen LogP contribution in [0.15, 0.2) is 6.07 Å². The van der Waals surface area contributed by atoms with Gasteiger partial charge in [0.05, 0.1) is 0 Å². The predicted octanol–water partition coefficient (Wildman–Crippen LogP) is 3.75. The second-order valence-electron chi connectivity index (χ2n) is 6.14. The number of aromatic nitrogens is 2. The van der Waals surface area contributed by atoms with Crippen LogP contribution in [0.1, 0.15) is 59.0 Å². The number of nitrogens with one attached hydrogen (secondary N) is 1. The van der Waals surface area contributed by atoms with Crippen molar-refractivity contribution in [1.82, 2.24) is 9.97 Å². The van der Waals surface area contributed by atoms with Crippen LogP contribution in [0.25, 0.3) is 0 Å². The maximum Gasteiger partial charge on any atom is 0.133 e. The second kappa shape index (κ2) is 5.03. The Hall–Kier alpha value is -1.12. The van der Waals surface area contributed by atoms with Gasteiger partial charge in [-0.25, -0.2) is 9.97 Å². The van der Waals surface area contributed by atoms with Gasteiger partial charge in [-0.05, 0) is 19.3 Å². The van der Waals surface area contributed by atoms with Gasteiger partial charge >= 0.3 is 0 Å². The fraction of sp³-hybridized carbons (Fsp3) is 0.714. The summed E-state index contributed by atoms with van der Waals surface area (Å²) in [5.74, 6) is 2.21. The van der Waals surface area contributed by atoms with E-state index in [2.05, 4.69) is 56.8 Å². The van der Waals surface area contributed by atoms with E-state index in [1.807, 2.05) is 13.0 Å². The zero-order valence-corrected chi connectivity index (χ0v) is 12.1. The molecular weight excluding hydrogens is 210 g/mol. The minimum absolute atomic E-state index is 0.219. The monoisotopic (exact) mass is 235 g/mol. The average molecular weight is 235 g/mol. The van der Waals surface area contributed by atoms with Gasteiger partial charge in [0.2, 0.25) is 0 Å². The molecule has 0 aliphatic rings. The molecule has 0 aliphatic carbocycles. The summed E-state index contributed by atoms with van der Waals surface area (Å²) in [5, 5.41) is 3.47. The Bertz CT molecular complexity index is 378. The van der Waals surface area contributed by atoms with Gasteiger partial charge in [0.1, 0.15) is 11.6 Å². The average Bonchev–Trinajstić information content (AvgIpc) is 2.14. The number of rotatable bonds is 3. The molecule has 1 N–H and O–H groups in total. The van der Waals surface area contributed by atoms with E-state index >= 15 is 0 Å². The largest absolute Gasteiger partial charge is 0.367 e. The molecule has 0 bridgehead atoms. The molecule has 0 radical (unpaired) electrons. The van der Waals surface area contributed by atoms with Crippen LogP contribution in [0.5, 0.6) is 0 Å². The van der Waals surface area contributed by atoms with Crippen LogP contribution in [-0.4, -0.2) is 16.0 Å². The molecule has 0 saturated carbocycles. The van der Waals surface area contributed by atoms with E-state index in [0.29, 0.717) is 12.0 Å². The van der Waals surface area contributed by atoms with Crippen molar-refractivity contribution in [2.75, 3.05) is 5.32 Å². The van der Waals surface area contributed by atoms with Crippen molar-refractivity contribution in [3.05, 3.63) is 17.6 Å². The lowest BCUT2D eigenvalue weighted by Crippen LogP contribution is -2.31. The number of hydrogen-bond donors (Lipinski definition) is 1. The van der Waals surface area contributed by atoms with E-state index < -0.39 is 0 Å². The Morgan fingerprint density at radius 1 is 1.12 bits per heavy atom. The molecule has 96 valence electrons. The third kappa shape index (κ3) is 3.99. The molecule has 0 fully saturated rings. The molecular formula is C14H25N3. The zero-order valence-electron chi connectivity index (χ0n) is 12.1. The van der Waals surface area contributed by atoms with Gasteiger partial charge in [-0.3, -0.25) is 0 Å². The first-order chi connectivity index (χ1) is 7.70. The summed E-state index contributed by atoms with van der Waals surface area (Å²) in [6.07, 6.45) is 0. The summed E-state index contributed by atoms with van der Waals surface area (Å²) < 4.78 is 0. The van der Waals surface area contributed by atoms with E-state index in [-0.39, 0.29) is 5.41 Å². The Balaban J connectivity index is 2.92. The van der Waals surface area contributed by atoms with Crippen molar-refractivity contribution in [1.29, 1.82) is 0 Å². The van der Waals surface area contributed by atoms with Gasteiger partial charge in [-0.15, -0.1) is 0 Å². The zero-order chi connectivity index (χ0) is 13.2. The molecule has 0 aliphatic heterocycles. The van der Waals surface area contributed by atoms with Crippen molar-refractivity contribution < 1.29 is 0 Å². The van der Waals surface area contributed by atoms with Crippen molar-refractivity contribution in [2.24, 2.45) is 5.41 Å². The normalized spacial score (nSPS) is 13.9. The number of anilines is 1. The molecule has 17 heavy (non-hydrogen) atoms. The van der Waals surface area contributed by atoms with Crippen LogP contribution in [0.4, 0.5) is 5.82 Å². The highest BCUT2D eigenvalue weighted by Gasteiger charge is 2.20. The summed E-state index contributed by atoms with van der Waals surface area (Å²) >= 11 is 0. The highest BCUT2D eigenvalue weighted by atomic mass is 15.1. The third-order valence-corrected chi connectivity index (χ3v) is 3.05. The summed E-state index contributed by atoms with van der Waals surface area (Å²) in [5.41, 5.74) is 1.24. The lowest BCUT2D eigenvalue weighted by Gasteiger charge is -2.28. The van der Waals surface area contributed by atoms with E-state index in [1.54, 1.807) is 0 Å². The SMILES string of the molecule is Cc1cc(NC(C)C(C)(C)C)nc(C(C)C)n1. The van der Waals surface area contributed by atoms with Crippen LogP contribution < -0.4 is 5.32 Å². The summed E-state index contributed by atoms with van der Waals surface area (Å²) in [4.78, 5) is 9.02. The van der Waals surface area contributed by atoms with Crippen LogP contribution in [-0.2, 0) is 0 Å². The van der Waals surface area contributed by atoms with Gasteiger partial charge in [0.25, 0.3) is 0 Å². The van der Waals surface area contributed by atoms with Crippen molar-refractivity contribution >= 4 is 5.82 Å². The highest BCUT2D eigenvalue weighted by Crippen LogP contribution is 2.23. The summed E-state index contributed by atoms with van der Waals surface area (Å²) in [7, 11) is 0. The molecule has 1 aromatic rings. The molecule has 1 aromatic heterocycles. The Labute approximate surface area is 105 Å². The van der Waals surface area contributed by atoms with Crippen molar-refractivity contribution in [2.45, 2.75) is 60.4 Å². The minimum atomic E-state index is 0.219. The van der Waals surface area contributed by atoms with E-state index in [0.717, 1.165) is 17.3 Å². The number of aryl methyl sites for hydroxylation is 1. The second-order valence-corrected chi connectivity index (χ2v) is 6.14. The molecule has 3 heteroatoms. The van der Waals surface area contributed by atoms with Crippen LogP contribution >= 0.6 is 0 Å². The topological polar surface area (TPSA) is 37.8 Å². The molecule has 3 nitrogen and oxygen atoms in total. The fourth-order valence-corrected chi connectivity index (χ4v) is 1.36. The van der Waals surface area contributed by atoms with Gasteiger partial charge in [0, 0.05) is 23.7 Å². The standard InChI is InChI=1S/C14H25N3/c1-9(2)13-15-10(3)8-12(17-13)16-11(4)14(5,6)7/h8-9,11H,1-7H3,(H,15,16,17).